The molecule has 2 aromatic carbocycles. The van der Waals surface area contributed by atoms with Gasteiger partial charge in [0.2, 0.25) is 11.2 Å². The molecule has 1 aliphatic rings. The number of carboxylic acid groups (broad SMARTS) is 1. The van der Waals surface area contributed by atoms with E-state index in [1.807, 2.05) is 0 Å². The smallest absolute Gasteiger partial charge is 0.378 e. The summed E-state index contributed by atoms with van der Waals surface area (Å²) < 4.78 is 16.6. The lowest BCUT2D eigenvalue weighted by atomic mass is 10.1. The number of carbonyl (C=O) groups is 2. The highest BCUT2D eigenvalue weighted by molar-refractivity contribution is 5.93. The molecule has 0 bridgehead atoms. The van der Waals surface area contributed by atoms with E-state index in [4.69, 9.17) is 13.9 Å². The zero-order valence-corrected chi connectivity index (χ0v) is 17.9. The molecule has 33 heavy (non-hydrogen) atoms. The normalized spacial score (nSPS) is 16.1. The third-order valence-corrected chi connectivity index (χ3v) is 5.53. The van der Waals surface area contributed by atoms with E-state index in [9.17, 15) is 24.6 Å². The summed E-state index contributed by atoms with van der Waals surface area (Å²) >= 11 is 0. The summed E-state index contributed by atoms with van der Waals surface area (Å²) in [5.74, 6) is -2.45. The predicted octanol–water partition coefficient (Wildman–Crippen LogP) is 3.52. The summed E-state index contributed by atoms with van der Waals surface area (Å²) in [5.41, 5.74) is -0.408. The second-order valence-corrected chi connectivity index (χ2v) is 7.63. The maximum Gasteiger partial charge on any atom is 0.378 e. The first kappa shape index (κ1) is 22.3. The molecule has 172 valence electrons. The fraction of sp³-hybridized carbons (Fsp3) is 0.292. The molecule has 9 nitrogen and oxygen atoms in total. The third kappa shape index (κ3) is 4.40. The number of benzene rings is 2. The van der Waals surface area contributed by atoms with Crippen molar-refractivity contribution in [2.75, 3.05) is 13.2 Å². The van der Waals surface area contributed by atoms with Crippen molar-refractivity contribution in [1.29, 1.82) is 0 Å². The Morgan fingerprint density at radius 1 is 1.18 bits per heavy atom. The van der Waals surface area contributed by atoms with Gasteiger partial charge >= 0.3 is 11.9 Å². The van der Waals surface area contributed by atoms with Gasteiger partial charge in [-0.3, -0.25) is 14.5 Å². The lowest BCUT2D eigenvalue weighted by molar-refractivity contribution is -0.142. The van der Waals surface area contributed by atoms with Gasteiger partial charge in [-0.25, -0.2) is 4.79 Å². The molecular formula is C24H23NO8. The Labute approximate surface area is 188 Å². The standard InChI is InChI=1S/C24H23NO8/c1-2-31-24(30)22-21(32-14-7-4-3-5-8-14)19(27)15-10-11-18(26)16(20(15)33-22)13-25-12-6-9-17(25)23(28)29/h3-5,7-8,10-11,17,26H,2,6,9,12-13H2,1H3,(H,28,29)/t17-/m0/s1. The van der Waals surface area contributed by atoms with Gasteiger partial charge in [0.1, 0.15) is 23.1 Å². The number of aliphatic carboxylic acids is 1. The van der Waals surface area contributed by atoms with Crippen molar-refractivity contribution in [3.8, 4) is 17.2 Å². The number of hydrogen-bond acceptors (Lipinski definition) is 8. The molecule has 1 saturated heterocycles. The van der Waals surface area contributed by atoms with Gasteiger partial charge in [-0.1, -0.05) is 18.2 Å². The molecule has 1 aliphatic heterocycles. The number of likely N-dealkylation sites (tertiary alicyclic amines) is 1. The molecule has 0 spiro atoms. The van der Waals surface area contributed by atoms with Gasteiger partial charge in [0.15, 0.2) is 0 Å². The number of ether oxygens (including phenoxy) is 2. The monoisotopic (exact) mass is 453 g/mol. The zero-order chi connectivity index (χ0) is 23.5. The molecule has 1 aromatic heterocycles. The number of phenols is 1. The molecule has 0 unspecified atom stereocenters. The van der Waals surface area contributed by atoms with Crippen LogP contribution in [0.2, 0.25) is 0 Å². The van der Waals surface area contributed by atoms with E-state index in [1.165, 1.54) is 12.1 Å². The van der Waals surface area contributed by atoms with Gasteiger partial charge in [-0.15, -0.1) is 0 Å². The summed E-state index contributed by atoms with van der Waals surface area (Å²) in [6, 6.07) is 10.5. The Hall–Kier alpha value is -3.85. The number of carbonyl (C=O) groups excluding carboxylic acids is 1. The Morgan fingerprint density at radius 2 is 1.94 bits per heavy atom. The van der Waals surface area contributed by atoms with Gasteiger partial charge in [-0.05, 0) is 50.6 Å². The average Bonchev–Trinajstić information content (AvgIpc) is 3.27. The molecule has 9 heteroatoms. The van der Waals surface area contributed by atoms with Gasteiger partial charge in [0, 0.05) is 6.54 Å². The SMILES string of the molecule is CCOC(=O)c1oc2c(CN3CCC[C@H]3C(=O)O)c(O)ccc2c(=O)c1Oc1ccccc1. The van der Waals surface area contributed by atoms with Crippen LogP contribution in [-0.2, 0) is 16.1 Å². The van der Waals surface area contributed by atoms with Crippen LogP contribution in [0.1, 0.15) is 35.9 Å². The predicted molar refractivity (Wildman–Crippen MR) is 118 cm³/mol. The number of phenolic OH excluding ortho intramolecular Hbond substituents is 1. The largest absolute Gasteiger partial charge is 0.507 e. The minimum atomic E-state index is -0.959. The quantitative estimate of drug-likeness (QED) is 0.517. The molecule has 3 aromatic rings. The zero-order valence-electron chi connectivity index (χ0n) is 17.9. The van der Waals surface area contributed by atoms with Gasteiger partial charge < -0.3 is 24.1 Å². The number of esters is 1. The van der Waals surface area contributed by atoms with Crippen LogP contribution in [0.3, 0.4) is 0 Å². The lowest BCUT2D eigenvalue weighted by Crippen LogP contribution is -2.35. The highest BCUT2D eigenvalue weighted by Crippen LogP contribution is 2.33. The van der Waals surface area contributed by atoms with Crippen LogP contribution in [0, 0.1) is 0 Å². The Morgan fingerprint density at radius 3 is 2.64 bits per heavy atom. The first-order valence-corrected chi connectivity index (χ1v) is 10.6. The highest BCUT2D eigenvalue weighted by Gasteiger charge is 2.32. The summed E-state index contributed by atoms with van der Waals surface area (Å²) in [4.78, 5) is 39.3. The molecule has 0 radical (unpaired) electrons. The van der Waals surface area contributed by atoms with E-state index >= 15 is 0 Å². The number of fused-ring (bicyclic) bond motifs is 1. The number of hydrogen-bond donors (Lipinski definition) is 2. The number of rotatable bonds is 7. The molecule has 1 fully saturated rings. The first-order chi connectivity index (χ1) is 15.9. The van der Waals surface area contributed by atoms with Crippen LogP contribution in [0.15, 0.2) is 51.7 Å². The highest BCUT2D eigenvalue weighted by atomic mass is 16.6. The molecule has 0 saturated carbocycles. The minimum absolute atomic E-state index is 0.0143. The van der Waals surface area contributed by atoms with Crippen LogP contribution in [0.25, 0.3) is 11.0 Å². The number of nitrogens with zero attached hydrogens (tertiary/aromatic N) is 1. The van der Waals surface area contributed by atoms with Crippen molar-refractivity contribution < 1.29 is 33.7 Å². The van der Waals surface area contributed by atoms with Crippen molar-refractivity contribution in [2.24, 2.45) is 0 Å². The summed E-state index contributed by atoms with van der Waals surface area (Å²) in [6.45, 7) is 2.21. The minimum Gasteiger partial charge on any atom is -0.507 e. The van der Waals surface area contributed by atoms with E-state index < -0.39 is 29.2 Å². The molecule has 4 rings (SSSR count). The van der Waals surface area contributed by atoms with Crippen molar-refractivity contribution in [1.82, 2.24) is 4.90 Å². The van der Waals surface area contributed by atoms with Crippen molar-refractivity contribution in [3.05, 3.63) is 64.0 Å². The Bertz CT molecular complexity index is 1250. The number of para-hydroxylation sites is 1. The maximum atomic E-state index is 13.4. The first-order valence-electron chi connectivity index (χ1n) is 10.6. The van der Waals surface area contributed by atoms with E-state index in [-0.39, 0.29) is 41.2 Å². The second kappa shape index (κ2) is 9.33. The topological polar surface area (TPSA) is 127 Å². The molecule has 0 aliphatic carbocycles. The Kier molecular flexibility index (Phi) is 6.32. The van der Waals surface area contributed by atoms with E-state index in [0.717, 1.165) is 0 Å². The second-order valence-electron chi connectivity index (χ2n) is 7.63. The van der Waals surface area contributed by atoms with E-state index in [2.05, 4.69) is 0 Å². The van der Waals surface area contributed by atoms with Crippen molar-refractivity contribution in [2.45, 2.75) is 32.4 Å². The fourth-order valence-electron chi connectivity index (χ4n) is 3.97. The average molecular weight is 453 g/mol. The van der Waals surface area contributed by atoms with Gasteiger partial charge in [-0.2, -0.15) is 0 Å². The third-order valence-electron chi connectivity index (χ3n) is 5.53. The Balaban J connectivity index is 1.87. The van der Waals surface area contributed by atoms with Crippen molar-refractivity contribution >= 4 is 22.9 Å². The lowest BCUT2D eigenvalue weighted by Gasteiger charge is -2.22. The summed E-state index contributed by atoms with van der Waals surface area (Å²) in [5, 5.41) is 20.1. The van der Waals surface area contributed by atoms with Crippen LogP contribution in [-0.4, -0.2) is 46.2 Å². The molecule has 1 atom stereocenters. The van der Waals surface area contributed by atoms with Gasteiger partial charge in [0.25, 0.3) is 5.76 Å². The van der Waals surface area contributed by atoms with Gasteiger partial charge in [0.05, 0.1) is 17.6 Å². The maximum absolute atomic E-state index is 13.4. The number of aromatic hydroxyl groups is 1. The van der Waals surface area contributed by atoms with Crippen LogP contribution in [0.5, 0.6) is 17.2 Å². The molecular weight excluding hydrogens is 430 g/mol. The fourth-order valence-corrected chi connectivity index (χ4v) is 3.97. The number of carboxylic acids is 1. The summed E-state index contributed by atoms with van der Waals surface area (Å²) in [7, 11) is 0. The van der Waals surface area contributed by atoms with Crippen LogP contribution < -0.4 is 10.2 Å². The molecule has 2 N–H and O–H groups in total. The molecule has 2 heterocycles. The van der Waals surface area contributed by atoms with Crippen LogP contribution >= 0.6 is 0 Å². The van der Waals surface area contributed by atoms with Crippen LogP contribution in [0.4, 0.5) is 0 Å². The summed E-state index contributed by atoms with van der Waals surface area (Å²) in [6.07, 6.45) is 1.17. The van der Waals surface area contributed by atoms with Crippen molar-refractivity contribution in [3.63, 3.8) is 0 Å². The van der Waals surface area contributed by atoms with E-state index in [0.29, 0.717) is 25.1 Å². The van der Waals surface area contributed by atoms with E-state index in [1.54, 1.807) is 42.2 Å². The molecule has 0 amide bonds.